The molecule has 0 aliphatic carbocycles. The molecule has 1 saturated heterocycles. The molecular formula is C26H27FN6O2S. The van der Waals surface area contributed by atoms with Gasteiger partial charge in [-0.1, -0.05) is 18.2 Å². The third kappa shape index (κ3) is 4.88. The van der Waals surface area contributed by atoms with E-state index in [0.29, 0.717) is 39.8 Å². The monoisotopic (exact) mass is 506 g/mol. The van der Waals surface area contributed by atoms with Crippen LogP contribution in [0.5, 0.6) is 0 Å². The van der Waals surface area contributed by atoms with Crippen LogP contribution in [0.3, 0.4) is 0 Å². The van der Waals surface area contributed by atoms with Gasteiger partial charge in [-0.05, 0) is 73.5 Å². The van der Waals surface area contributed by atoms with Crippen LogP contribution in [0.4, 0.5) is 15.8 Å². The summed E-state index contributed by atoms with van der Waals surface area (Å²) in [5, 5.41) is 17.0. The Morgan fingerprint density at radius 3 is 2.81 bits per heavy atom. The van der Waals surface area contributed by atoms with Crippen molar-refractivity contribution in [1.82, 2.24) is 15.5 Å². The second kappa shape index (κ2) is 10.2. The summed E-state index contributed by atoms with van der Waals surface area (Å²) in [6, 6.07) is 14.0. The lowest BCUT2D eigenvalue weighted by Crippen LogP contribution is -2.46. The summed E-state index contributed by atoms with van der Waals surface area (Å²) in [5.74, 6) is -0.502. The molecule has 2 unspecified atom stereocenters. The summed E-state index contributed by atoms with van der Waals surface area (Å²) in [7, 11) is 0. The number of piperidine rings is 1. The lowest BCUT2D eigenvalue weighted by Gasteiger charge is -2.30. The summed E-state index contributed by atoms with van der Waals surface area (Å²) < 4.78 is 15.8. The Bertz CT molecular complexity index is 1440. The minimum absolute atomic E-state index is 0.0605. The molecule has 1 aliphatic rings. The number of benzene rings is 2. The lowest BCUT2D eigenvalue weighted by atomic mass is 9.98. The number of thiophene rings is 1. The summed E-state index contributed by atoms with van der Waals surface area (Å²) in [6.07, 6.45) is 1.74. The number of aromatic amines is 1. The van der Waals surface area contributed by atoms with Crippen LogP contribution >= 0.6 is 11.3 Å². The van der Waals surface area contributed by atoms with Gasteiger partial charge in [-0.3, -0.25) is 14.9 Å². The number of anilines is 2. The first-order valence-electron chi connectivity index (χ1n) is 11.8. The Morgan fingerprint density at radius 1 is 1.22 bits per heavy atom. The number of rotatable bonds is 6. The van der Waals surface area contributed by atoms with Crippen molar-refractivity contribution in [1.29, 1.82) is 0 Å². The summed E-state index contributed by atoms with van der Waals surface area (Å²) >= 11 is 1.35. The fourth-order valence-electron chi connectivity index (χ4n) is 4.46. The predicted octanol–water partition coefficient (Wildman–Crippen LogP) is 4.05. The first kappa shape index (κ1) is 24.1. The number of nitrogens with one attached hydrogen (secondary N) is 4. The third-order valence-electron chi connectivity index (χ3n) is 6.56. The predicted molar refractivity (Wildman–Crippen MR) is 142 cm³/mol. The Labute approximate surface area is 211 Å². The Balaban J connectivity index is 1.40. The van der Waals surface area contributed by atoms with E-state index in [4.69, 9.17) is 5.73 Å². The van der Waals surface area contributed by atoms with E-state index in [1.807, 2.05) is 24.3 Å². The summed E-state index contributed by atoms with van der Waals surface area (Å²) in [5.41, 5.74) is 7.42. The van der Waals surface area contributed by atoms with Gasteiger partial charge in [0.05, 0.1) is 22.4 Å². The fourth-order valence-corrected chi connectivity index (χ4v) is 5.41. The molecule has 2 aromatic heterocycles. The van der Waals surface area contributed by atoms with Crippen molar-refractivity contribution < 1.29 is 9.18 Å². The minimum atomic E-state index is -0.547. The molecule has 186 valence electrons. The van der Waals surface area contributed by atoms with E-state index in [0.717, 1.165) is 29.5 Å². The highest BCUT2D eigenvalue weighted by Crippen LogP contribution is 2.32. The van der Waals surface area contributed by atoms with Gasteiger partial charge >= 0.3 is 0 Å². The second-order valence-corrected chi connectivity index (χ2v) is 10.1. The van der Waals surface area contributed by atoms with Gasteiger partial charge in [-0.2, -0.15) is 5.10 Å². The zero-order chi connectivity index (χ0) is 25.2. The Hall–Kier alpha value is -3.60. The molecule has 10 heteroatoms. The zero-order valence-electron chi connectivity index (χ0n) is 19.7. The Morgan fingerprint density at radius 2 is 2.06 bits per heavy atom. The number of fused-ring (bicyclic) bond motifs is 1. The number of H-pyrrole nitrogens is 1. The number of hydrogen-bond acceptors (Lipinski definition) is 7. The van der Waals surface area contributed by atoms with Gasteiger partial charge in [-0.15, -0.1) is 11.3 Å². The van der Waals surface area contributed by atoms with Crippen LogP contribution in [-0.4, -0.2) is 35.4 Å². The zero-order valence-corrected chi connectivity index (χ0v) is 20.5. The van der Waals surface area contributed by atoms with Gasteiger partial charge in [0.15, 0.2) is 0 Å². The van der Waals surface area contributed by atoms with Gasteiger partial charge < -0.3 is 16.4 Å². The molecule has 5 rings (SSSR count). The molecule has 3 heterocycles. The number of carbonyl (C=O) groups excluding carboxylic acids is 1. The molecule has 8 nitrogen and oxygen atoms in total. The molecule has 0 spiro atoms. The SMILES string of the molecule is Cc1c(-c2cc(NC3CCC(CN)CN3)c(=O)[nH]n2)ccc(F)c1NC(=O)c1cc2ccccc2s1. The third-order valence-corrected chi connectivity index (χ3v) is 7.68. The molecular weight excluding hydrogens is 479 g/mol. The van der Waals surface area contributed by atoms with E-state index in [1.165, 1.54) is 17.4 Å². The van der Waals surface area contributed by atoms with Gasteiger partial charge in [0, 0.05) is 16.8 Å². The smallest absolute Gasteiger partial charge is 0.287 e. The minimum Gasteiger partial charge on any atom is -0.365 e. The average Bonchev–Trinajstić information content (AvgIpc) is 3.33. The quantitative estimate of drug-likeness (QED) is 0.269. The van der Waals surface area contributed by atoms with Crippen molar-refractivity contribution in [2.75, 3.05) is 23.7 Å². The molecule has 1 aliphatic heterocycles. The van der Waals surface area contributed by atoms with Crippen molar-refractivity contribution in [3.05, 3.63) is 75.1 Å². The standard InChI is InChI=1S/C26H27FN6O2S/c1-14-17(19-11-20(25(34)33-32-19)30-23-9-6-15(12-28)13-29-23)7-8-18(27)24(14)31-26(35)22-10-16-4-2-3-5-21(16)36-22/h2-5,7-8,10-11,15,23,29H,6,9,12-13,28H2,1H3,(H,30,32)(H,31,35)(H,33,34). The Kier molecular flexibility index (Phi) is 6.82. The number of hydrogen-bond donors (Lipinski definition) is 5. The van der Waals surface area contributed by atoms with E-state index in [1.54, 1.807) is 25.1 Å². The first-order chi connectivity index (χ1) is 17.4. The molecule has 4 aromatic rings. The van der Waals surface area contributed by atoms with Crippen molar-refractivity contribution >= 4 is 38.7 Å². The van der Waals surface area contributed by atoms with E-state index in [9.17, 15) is 14.0 Å². The molecule has 0 radical (unpaired) electrons. The van der Waals surface area contributed by atoms with Gasteiger partial charge in [-0.25, -0.2) is 9.49 Å². The van der Waals surface area contributed by atoms with Crippen LogP contribution in [0.25, 0.3) is 21.3 Å². The van der Waals surface area contributed by atoms with Crippen molar-refractivity contribution in [3.8, 4) is 11.3 Å². The maximum atomic E-state index is 14.8. The molecule has 2 atom stereocenters. The van der Waals surface area contributed by atoms with Crippen LogP contribution in [-0.2, 0) is 0 Å². The van der Waals surface area contributed by atoms with Gasteiger partial charge in [0.2, 0.25) is 0 Å². The fraction of sp³-hybridized carbons (Fsp3) is 0.269. The van der Waals surface area contributed by atoms with Crippen LogP contribution in [0.15, 0.2) is 53.3 Å². The number of nitrogens with zero attached hydrogens (tertiary/aromatic N) is 1. The first-order valence-corrected chi connectivity index (χ1v) is 12.6. The maximum absolute atomic E-state index is 14.8. The molecule has 1 amide bonds. The van der Waals surface area contributed by atoms with Crippen molar-refractivity contribution in [2.45, 2.75) is 25.9 Å². The van der Waals surface area contributed by atoms with E-state index in [-0.39, 0.29) is 23.3 Å². The summed E-state index contributed by atoms with van der Waals surface area (Å²) in [6.45, 7) is 3.13. The van der Waals surface area contributed by atoms with Crippen LogP contribution in [0.2, 0.25) is 0 Å². The van der Waals surface area contributed by atoms with Crippen molar-refractivity contribution in [2.24, 2.45) is 11.7 Å². The highest BCUT2D eigenvalue weighted by molar-refractivity contribution is 7.20. The number of carbonyl (C=O) groups is 1. The molecule has 1 fully saturated rings. The molecule has 36 heavy (non-hydrogen) atoms. The van der Waals surface area contributed by atoms with E-state index in [2.05, 4.69) is 26.1 Å². The largest absolute Gasteiger partial charge is 0.365 e. The van der Waals surface area contributed by atoms with Crippen LogP contribution in [0, 0.1) is 18.7 Å². The average molecular weight is 507 g/mol. The number of nitrogens with two attached hydrogens (primary N) is 1. The second-order valence-electron chi connectivity index (χ2n) is 8.98. The molecule has 2 aromatic carbocycles. The van der Waals surface area contributed by atoms with Gasteiger partial charge in [0.25, 0.3) is 11.5 Å². The topological polar surface area (TPSA) is 125 Å². The van der Waals surface area contributed by atoms with Crippen molar-refractivity contribution in [3.63, 3.8) is 0 Å². The normalized spacial score (nSPS) is 17.8. The number of amides is 1. The highest BCUT2D eigenvalue weighted by atomic mass is 32.1. The van der Waals surface area contributed by atoms with Gasteiger partial charge in [0.1, 0.15) is 11.5 Å². The molecule has 6 N–H and O–H groups in total. The van der Waals surface area contributed by atoms with Crippen LogP contribution in [0.1, 0.15) is 28.1 Å². The number of aromatic nitrogens is 2. The van der Waals surface area contributed by atoms with Crippen LogP contribution < -0.4 is 27.2 Å². The molecule has 0 bridgehead atoms. The lowest BCUT2D eigenvalue weighted by molar-refractivity contribution is 0.103. The maximum Gasteiger partial charge on any atom is 0.287 e. The van der Waals surface area contributed by atoms with E-state index < -0.39 is 5.82 Å². The van der Waals surface area contributed by atoms with E-state index >= 15 is 0 Å². The number of halogens is 1. The summed E-state index contributed by atoms with van der Waals surface area (Å²) in [4.78, 5) is 25.9. The highest BCUT2D eigenvalue weighted by Gasteiger charge is 2.21. The molecule has 0 saturated carbocycles.